The fourth-order valence-corrected chi connectivity index (χ4v) is 4.05. The van der Waals surface area contributed by atoms with Crippen LogP contribution in [0.25, 0.3) is 0 Å². The molecule has 0 saturated carbocycles. The van der Waals surface area contributed by atoms with E-state index in [0.717, 1.165) is 30.6 Å². The Bertz CT molecular complexity index is 527. The number of carbonyl (C=O) groups is 2. The van der Waals surface area contributed by atoms with Crippen LogP contribution in [0.1, 0.15) is 108 Å². The van der Waals surface area contributed by atoms with Crippen LogP contribution >= 0.6 is 11.3 Å². The molecule has 166 valence electrons. The van der Waals surface area contributed by atoms with Gasteiger partial charge in [0.15, 0.2) is 0 Å². The third-order valence-corrected chi connectivity index (χ3v) is 6.03. The van der Waals surface area contributed by atoms with Crippen molar-refractivity contribution in [1.82, 2.24) is 0 Å². The first kappa shape index (κ1) is 25.7. The average molecular weight is 425 g/mol. The van der Waals surface area contributed by atoms with Crippen LogP contribution in [0.2, 0.25) is 0 Å². The summed E-state index contributed by atoms with van der Waals surface area (Å²) in [6, 6.07) is 3.79. The summed E-state index contributed by atoms with van der Waals surface area (Å²) in [6.45, 7) is 5.27. The highest BCUT2D eigenvalue weighted by atomic mass is 32.1. The highest BCUT2D eigenvalue weighted by Crippen LogP contribution is 2.26. The molecule has 4 nitrogen and oxygen atoms in total. The molecule has 0 aliphatic heterocycles. The van der Waals surface area contributed by atoms with Crippen LogP contribution in [0.5, 0.6) is 0 Å². The molecule has 0 N–H and O–H groups in total. The van der Waals surface area contributed by atoms with Gasteiger partial charge in [0.25, 0.3) is 0 Å². The molecule has 0 fully saturated rings. The molecule has 0 spiro atoms. The van der Waals surface area contributed by atoms with Crippen molar-refractivity contribution in [2.24, 2.45) is 0 Å². The molecule has 1 aromatic heterocycles. The lowest BCUT2D eigenvalue weighted by atomic mass is 10.0. The van der Waals surface area contributed by atoms with Gasteiger partial charge in [0.1, 0.15) is 5.92 Å². The summed E-state index contributed by atoms with van der Waals surface area (Å²) in [5.74, 6) is -1.17. The van der Waals surface area contributed by atoms with Crippen molar-refractivity contribution in [2.75, 3.05) is 13.2 Å². The van der Waals surface area contributed by atoms with E-state index in [1.165, 1.54) is 62.7 Å². The van der Waals surface area contributed by atoms with Crippen LogP contribution < -0.4 is 0 Å². The summed E-state index contributed by atoms with van der Waals surface area (Å²) in [6.07, 6.45) is 13.9. The Hall–Kier alpha value is -1.36. The Labute approximate surface area is 181 Å². The summed E-state index contributed by atoms with van der Waals surface area (Å²) in [5, 5.41) is 1.92. The van der Waals surface area contributed by atoms with Gasteiger partial charge >= 0.3 is 11.9 Å². The Morgan fingerprint density at radius 2 is 1.38 bits per heavy atom. The molecule has 0 radical (unpaired) electrons. The highest BCUT2D eigenvalue weighted by molar-refractivity contribution is 7.10. The largest absolute Gasteiger partial charge is 0.466 e. The smallest absolute Gasteiger partial charge is 0.314 e. The van der Waals surface area contributed by atoms with Crippen molar-refractivity contribution in [2.45, 2.75) is 103 Å². The molecule has 0 aromatic carbocycles. The van der Waals surface area contributed by atoms with Gasteiger partial charge in [0, 0.05) is 4.88 Å². The molecule has 0 amide bonds. The van der Waals surface area contributed by atoms with E-state index in [1.807, 2.05) is 17.5 Å². The minimum atomic E-state index is -0.549. The average Bonchev–Trinajstić information content (AvgIpc) is 3.25. The van der Waals surface area contributed by atoms with E-state index in [-0.39, 0.29) is 18.4 Å². The van der Waals surface area contributed by atoms with Gasteiger partial charge < -0.3 is 9.47 Å². The molecule has 5 heteroatoms. The standard InChI is InChI=1S/C24H40O4S/c1-3-5-7-9-11-13-17-27-23(25)20-21(22-16-15-19-29-22)24(26)28-18-14-12-10-8-6-4-2/h15-16,19,21H,3-14,17-18,20H2,1-2H3. The number of rotatable bonds is 18. The second-order valence-electron chi connectivity index (χ2n) is 7.70. The summed E-state index contributed by atoms with van der Waals surface area (Å²) < 4.78 is 10.8. The number of ether oxygens (including phenoxy) is 2. The quantitative estimate of drug-likeness (QED) is 0.187. The maximum Gasteiger partial charge on any atom is 0.314 e. The summed E-state index contributed by atoms with van der Waals surface area (Å²) >= 11 is 1.49. The van der Waals surface area contributed by atoms with E-state index in [9.17, 15) is 9.59 Å². The molecule has 0 bridgehead atoms. The van der Waals surface area contributed by atoms with Crippen LogP contribution in [0.4, 0.5) is 0 Å². The first-order chi connectivity index (χ1) is 14.2. The van der Waals surface area contributed by atoms with Gasteiger partial charge in [-0.25, -0.2) is 0 Å². The minimum absolute atomic E-state index is 0.0612. The molecule has 0 aliphatic carbocycles. The lowest BCUT2D eigenvalue weighted by molar-refractivity contribution is -0.152. The second-order valence-corrected chi connectivity index (χ2v) is 8.67. The van der Waals surface area contributed by atoms with Crippen molar-refractivity contribution in [3.8, 4) is 0 Å². The number of carbonyl (C=O) groups excluding carboxylic acids is 2. The minimum Gasteiger partial charge on any atom is -0.466 e. The van der Waals surface area contributed by atoms with Gasteiger partial charge in [0.05, 0.1) is 19.6 Å². The Morgan fingerprint density at radius 1 is 0.828 bits per heavy atom. The zero-order chi connectivity index (χ0) is 21.2. The highest BCUT2D eigenvalue weighted by Gasteiger charge is 2.27. The zero-order valence-electron chi connectivity index (χ0n) is 18.5. The summed E-state index contributed by atoms with van der Waals surface area (Å²) in [4.78, 5) is 25.7. The molecule has 1 atom stereocenters. The Balaban J connectivity index is 2.31. The van der Waals surface area contributed by atoms with Crippen molar-refractivity contribution in [3.63, 3.8) is 0 Å². The first-order valence-corrected chi connectivity index (χ1v) is 12.4. The van der Waals surface area contributed by atoms with E-state index in [2.05, 4.69) is 13.8 Å². The summed E-state index contributed by atoms with van der Waals surface area (Å²) in [7, 11) is 0. The van der Waals surface area contributed by atoms with E-state index in [1.54, 1.807) is 0 Å². The topological polar surface area (TPSA) is 52.6 Å². The van der Waals surface area contributed by atoms with E-state index < -0.39 is 5.92 Å². The molecule has 29 heavy (non-hydrogen) atoms. The van der Waals surface area contributed by atoms with Crippen LogP contribution in [0, 0.1) is 0 Å². The first-order valence-electron chi connectivity index (χ1n) is 11.5. The van der Waals surface area contributed by atoms with Gasteiger partial charge in [-0.15, -0.1) is 11.3 Å². The molecular formula is C24H40O4S. The number of hydrogen-bond donors (Lipinski definition) is 0. The van der Waals surface area contributed by atoms with E-state index in [4.69, 9.17) is 9.47 Å². The van der Waals surface area contributed by atoms with Gasteiger partial charge in [-0.2, -0.15) is 0 Å². The normalized spacial score (nSPS) is 11.9. The molecule has 1 rings (SSSR count). The van der Waals surface area contributed by atoms with Crippen LogP contribution in [-0.2, 0) is 19.1 Å². The molecule has 1 unspecified atom stereocenters. The molecule has 0 aliphatic rings. The Morgan fingerprint density at radius 3 is 1.93 bits per heavy atom. The van der Waals surface area contributed by atoms with Gasteiger partial charge in [0.2, 0.25) is 0 Å². The number of hydrogen-bond acceptors (Lipinski definition) is 5. The van der Waals surface area contributed by atoms with E-state index in [0.29, 0.717) is 13.2 Å². The summed E-state index contributed by atoms with van der Waals surface area (Å²) in [5.41, 5.74) is 0. The Kier molecular flexibility index (Phi) is 15.5. The molecular weight excluding hydrogens is 384 g/mol. The molecule has 0 saturated heterocycles. The van der Waals surface area contributed by atoms with Crippen LogP contribution in [-0.4, -0.2) is 25.2 Å². The third-order valence-electron chi connectivity index (χ3n) is 5.05. The van der Waals surface area contributed by atoms with Crippen LogP contribution in [0.15, 0.2) is 17.5 Å². The predicted molar refractivity (Wildman–Crippen MR) is 120 cm³/mol. The fourth-order valence-electron chi connectivity index (χ4n) is 3.24. The lowest BCUT2D eigenvalue weighted by Crippen LogP contribution is -2.20. The number of thiophene rings is 1. The molecule has 1 heterocycles. The monoisotopic (exact) mass is 424 g/mol. The van der Waals surface area contributed by atoms with Crippen molar-refractivity contribution >= 4 is 23.3 Å². The van der Waals surface area contributed by atoms with Gasteiger partial charge in [-0.1, -0.05) is 84.1 Å². The van der Waals surface area contributed by atoms with Crippen molar-refractivity contribution < 1.29 is 19.1 Å². The maximum absolute atomic E-state index is 12.6. The van der Waals surface area contributed by atoms with Crippen molar-refractivity contribution in [1.29, 1.82) is 0 Å². The second kappa shape index (κ2) is 17.5. The van der Waals surface area contributed by atoms with Crippen LogP contribution in [0.3, 0.4) is 0 Å². The predicted octanol–water partition coefficient (Wildman–Crippen LogP) is 7.03. The lowest BCUT2D eigenvalue weighted by Gasteiger charge is -2.14. The number of unbranched alkanes of at least 4 members (excludes halogenated alkanes) is 10. The van der Waals surface area contributed by atoms with E-state index >= 15 is 0 Å². The maximum atomic E-state index is 12.6. The molecule has 1 aromatic rings. The SMILES string of the molecule is CCCCCCCCOC(=O)CC(C(=O)OCCCCCCCC)c1cccs1. The zero-order valence-corrected chi connectivity index (χ0v) is 19.3. The fraction of sp³-hybridized carbons (Fsp3) is 0.750. The third kappa shape index (κ3) is 12.7. The van der Waals surface area contributed by atoms with Gasteiger partial charge in [-0.3, -0.25) is 9.59 Å². The van der Waals surface area contributed by atoms with Gasteiger partial charge in [-0.05, 0) is 24.3 Å². The number of esters is 2. The van der Waals surface area contributed by atoms with Crippen molar-refractivity contribution in [3.05, 3.63) is 22.4 Å².